The van der Waals surface area contributed by atoms with Gasteiger partial charge in [-0.15, -0.1) is 0 Å². The molecule has 130 valence electrons. The van der Waals surface area contributed by atoms with Crippen LogP contribution in [-0.2, 0) is 12.8 Å². The van der Waals surface area contributed by atoms with Crippen molar-refractivity contribution in [2.75, 3.05) is 7.11 Å². The van der Waals surface area contributed by atoms with Gasteiger partial charge in [-0.05, 0) is 55.0 Å². The highest BCUT2D eigenvalue weighted by Crippen LogP contribution is 2.36. The van der Waals surface area contributed by atoms with Crippen molar-refractivity contribution in [3.8, 4) is 16.9 Å². The Bertz CT molecular complexity index is 1180. The molecule has 0 saturated carbocycles. The van der Waals surface area contributed by atoms with Gasteiger partial charge in [0, 0.05) is 28.0 Å². The number of benzene rings is 2. The minimum atomic E-state index is -0.200. The number of furan rings is 1. The number of hydrogen-bond acceptors (Lipinski definition) is 4. The summed E-state index contributed by atoms with van der Waals surface area (Å²) >= 11 is 0. The normalized spacial score (nSPS) is 13.9. The summed E-state index contributed by atoms with van der Waals surface area (Å²) in [6.45, 7) is 0. The Morgan fingerprint density at radius 3 is 2.46 bits per heavy atom. The van der Waals surface area contributed by atoms with Crippen LogP contribution in [0.25, 0.3) is 33.1 Å². The third-order valence-corrected chi connectivity index (χ3v) is 5.32. The fraction of sp³-hybridized carbons (Fsp3) is 0.227. The largest absolute Gasteiger partial charge is 0.497 e. The zero-order valence-corrected chi connectivity index (χ0v) is 14.5. The molecular formula is C22H18O4. The first kappa shape index (κ1) is 15.3. The van der Waals surface area contributed by atoms with Crippen LogP contribution >= 0.6 is 0 Å². The highest BCUT2D eigenvalue weighted by molar-refractivity contribution is 6.02. The number of methoxy groups -OCH3 is 1. The van der Waals surface area contributed by atoms with E-state index in [-0.39, 0.29) is 5.63 Å². The molecule has 4 nitrogen and oxygen atoms in total. The fourth-order valence-electron chi connectivity index (χ4n) is 3.96. The van der Waals surface area contributed by atoms with E-state index in [1.807, 2.05) is 30.3 Å². The molecule has 0 radical (unpaired) electrons. The van der Waals surface area contributed by atoms with Crippen LogP contribution in [0, 0.1) is 0 Å². The van der Waals surface area contributed by atoms with Crippen LogP contribution in [0.5, 0.6) is 5.75 Å². The van der Waals surface area contributed by atoms with E-state index >= 15 is 0 Å². The molecule has 26 heavy (non-hydrogen) atoms. The van der Waals surface area contributed by atoms with Crippen LogP contribution in [0.3, 0.4) is 0 Å². The predicted octanol–water partition coefficient (Wildman–Crippen LogP) is 5.09. The molecule has 2 aromatic carbocycles. The molecule has 0 N–H and O–H groups in total. The maximum atomic E-state index is 12.3. The van der Waals surface area contributed by atoms with Crippen molar-refractivity contribution in [2.45, 2.75) is 25.7 Å². The number of hydrogen-bond donors (Lipinski definition) is 0. The molecule has 1 aliphatic rings. The third kappa shape index (κ3) is 2.25. The molecule has 0 saturated heterocycles. The van der Waals surface area contributed by atoms with Gasteiger partial charge in [0.2, 0.25) is 0 Å². The zero-order chi connectivity index (χ0) is 17.7. The SMILES string of the molecule is COc1ccc(-c2coc3cc4oc(=O)c5c(c4cc23)CCCC5)cc1. The van der Waals surface area contributed by atoms with Crippen LogP contribution in [0.1, 0.15) is 24.0 Å². The molecule has 1 aliphatic carbocycles. The molecule has 0 fully saturated rings. The van der Waals surface area contributed by atoms with Gasteiger partial charge >= 0.3 is 5.63 Å². The van der Waals surface area contributed by atoms with Crippen LogP contribution in [0.4, 0.5) is 0 Å². The van der Waals surface area contributed by atoms with Crippen LogP contribution in [0.15, 0.2) is 56.3 Å². The highest BCUT2D eigenvalue weighted by Gasteiger charge is 2.20. The van der Waals surface area contributed by atoms with Crippen LogP contribution in [0.2, 0.25) is 0 Å². The van der Waals surface area contributed by atoms with Crippen molar-refractivity contribution in [2.24, 2.45) is 0 Å². The Morgan fingerprint density at radius 2 is 1.69 bits per heavy atom. The summed E-state index contributed by atoms with van der Waals surface area (Å²) in [5.74, 6) is 0.822. The van der Waals surface area contributed by atoms with Crippen molar-refractivity contribution in [3.63, 3.8) is 0 Å². The van der Waals surface area contributed by atoms with Crippen molar-refractivity contribution in [1.29, 1.82) is 0 Å². The molecule has 5 rings (SSSR count). The molecule has 0 unspecified atom stereocenters. The molecule has 4 heteroatoms. The Hall–Kier alpha value is -3.01. The predicted molar refractivity (Wildman–Crippen MR) is 101 cm³/mol. The molecular weight excluding hydrogens is 328 g/mol. The Kier molecular flexibility index (Phi) is 3.38. The minimum absolute atomic E-state index is 0.200. The highest BCUT2D eigenvalue weighted by atomic mass is 16.5. The molecule has 0 spiro atoms. The van der Waals surface area contributed by atoms with E-state index in [9.17, 15) is 4.79 Å². The summed E-state index contributed by atoms with van der Waals surface area (Å²) in [6.07, 6.45) is 5.66. The topological polar surface area (TPSA) is 52.6 Å². The quantitative estimate of drug-likeness (QED) is 0.474. The Balaban J connectivity index is 1.77. The lowest BCUT2D eigenvalue weighted by molar-refractivity contribution is 0.415. The first-order valence-electron chi connectivity index (χ1n) is 8.89. The summed E-state index contributed by atoms with van der Waals surface area (Å²) in [4.78, 5) is 12.3. The molecule has 0 bridgehead atoms. The van der Waals surface area contributed by atoms with Crippen LogP contribution in [-0.4, -0.2) is 7.11 Å². The minimum Gasteiger partial charge on any atom is -0.497 e. The fourth-order valence-corrected chi connectivity index (χ4v) is 3.96. The second-order valence-corrected chi connectivity index (χ2v) is 6.78. The molecule has 0 aliphatic heterocycles. The lowest BCUT2D eigenvalue weighted by atomic mass is 9.90. The van der Waals surface area contributed by atoms with Crippen molar-refractivity contribution < 1.29 is 13.6 Å². The number of ether oxygens (including phenoxy) is 1. The van der Waals surface area contributed by atoms with E-state index in [1.54, 1.807) is 13.4 Å². The van der Waals surface area contributed by atoms with Gasteiger partial charge in [-0.2, -0.15) is 0 Å². The average molecular weight is 346 g/mol. The average Bonchev–Trinajstić information content (AvgIpc) is 3.10. The summed E-state index contributed by atoms with van der Waals surface area (Å²) in [5.41, 5.74) is 5.22. The van der Waals surface area contributed by atoms with Crippen molar-refractivity contribution >= 4 is 21.9 Å². The summed E-state index contributed by atoms with van der Waals surface area (Å²) in [5, 5.41) is 2.06. The maximum Gasteiger partial charge on any atom is 0.339 e. The van der Waals surface area contributed by atoms with E-state index in [4.69, 9.17) is 13.6 Å². The van der Waals surface area contributed by atoms with Gasteiger partial charge in [-0.3, -0.25) is 0 Å². The van der Waals surface area contributed by atoms with E-state index in [0.717, 1.165) is 70.0 Å². The van der Waals surface area contributed by atoms with Crippen LogP contribution < -0.4 is 10.4 Å². The molecule has 0 atom stereocenters. The standard InChI is InChI=1S/C22H18O4/c1-24-14-8-6-13(7-9-14)19-12-25-20-11-21-17(10-18(19)20)15-4-2-3-5-16(15)22(23)26-21/h6-12H,2-5H2,1H3. The molecule has 2 aromatic heterocycles. The van der Waals surface area contributed by atoms with Gasteiger partial charge in [-0.25, -0.2) is 4.79 Å². The summed E-state index contributed by atoms with van der Waals surface area (Å²) in [7, 11) is 1.66. The van der Waals surface area contributed by atoms with E-state index in [1.165, 1.54) is 0 Å². The number of rotatable bonds is 2. The van der Waals surface area contributed by atoms with Gasteiger partial charge in [0.15, 0.2) is 0 Å². The summed E-state index contributed by atoms with van der Waals surface area (Å²) in [6, 6.07) is 11.9. The van der Waals surface area contributed by atoms with E-state index in [2.05, 4.69) is 6.07 Å². The first-order chi connectivity index (χ1) is 12.7. The maximum absolute atomic E-state index is 12.3. The molecule has 2 heterocycles. The smallest absolute Gasteiger partial charge is 0.339 e. The number of fused-ring (bicyclic) bond motifs is 4. The molecule has 4 aromatic rings. The van der Waals surface area contributed by atoms with Gasteiger partial charge in [-0.1, -0.05) is 12.1 Å². The second-order valence-electron chi connectivity index (χ2n) is 6.78. The lowest BCUT2D eigenvalue weighted by Crippen LogP contribution is -2.15. The van der Waals surface area contributed by atoms with Gasteiger partial charge < -0.3 is 13.6 Å². The molecule has 0 amide bonds. The Morgan fingerprint density at radius 1 is 0.923 bits per heavy atom. The zero-order valence-electron chi connectivity index (χ0n) is 14.5. The third-order valence-electron chi connectivity index (χ3n) is 5.32. The number of aryl methyl sites for hydroxylation is 1. The lowest BCUT2D eigenvalue weighted by Gasteiger charge is -2.16. The van der Waals surface area contributed by atoms with Gasteiger partial charge in [0.1, 0.15) is 16.9 Å². The van der Waals surface area contributed by atoms with Gasteiger partial charge in [0.05, 0.1) is 13.4 Å². The van der Waals surface area contributed by atoms with Crippen molar-refractivity contribution in [3.05, 3.63) is 64.2 Å². The monoisotopic (exact) mass is 346 g/mol. The first-order valence-corrected chi connectivity index (χ1v) is 8.89. The van der Waals surface area contributed by atoms with Gasteiger partial charge in [0.25, 0.3) is 0 Å². The summed E-state index contributed by atoms with van der Waals surface area (Å²) < 4.78 is 16.6. The Labute approximate surface area is 150 Å². The van der Waals surface area contributed by atoms with E-state index < -0.39 is 0 Å². The van der Waals surface area contributed by atoms with E-state index in [0.29, 0.717) is 5.58 Å². The second kappa shape index (κ2) is 5.77. The van der Waals surface area contributed by atoms with Crippen molar-refractivity contribution in [1.82, 2.24) is 0 Å².